The Morgan fingerprint density at radius 3 is 2.35 bits per heavy atom. The van der Waals surface area contributed by atoms with Gasteiger partial charge in [0.1, 0.15) is 0 Å². The molecule has 17 heavy (non-hydrogen) atoms. The van der Waals surface area contributed by atoms with E-state index in [0.717, 1.165) is 0 Å². The van der Waals surface area contributed by atoms with Crippen LogP contribution in [0.25, 0.3) is 0 Å². The molecule has 0 radical (unpaired) electrons. The summed E-state index contributed by atoms with van der Waals surface area (Å²) in [4.78, 5) is 30.1. The van der Waals surface area contributed by atoms with Crippen molar-refractivity contribution in [3.63, 3.8) is 0 Å². The summed E-state index contributed by atoms with van der Waals surface area (Å²) in [6.45, 7) is -0.530. The lowest BCUT2D eigenvalue weighted by molar-refractivity contribution is -0.138. The first-order valence-corrected chi connectivity index (χ1v) is 6.39. The number of aliphatic hydroxyl groups is 1. The molecule has 0 aromatic rings. The smallest absolute Gasteiger partial charge is 0.481 e. The van der Waals surface area contributed by atoms with Gasteiger partial charge < -0.3 is 14.7 Å². The SMILES string of the molecule is O=C(O)CCCOP(=O)(O)OC(=O)CCCO. The van der Waals surface area contributed by atoms with E-state index in [1.165, 1.54) is 0 Å². The van der Waals surface area contributed by atoms with Gasteiger partial charge in [0.25, 0.3) is 0 Å². The fraction of sp³-hybridized carbons (Fsp3) is 0.750. The average Bonchev–Trinajstić information content (AvgIpc) is 2.20. The van der Waals surface area contributed by atoms with Gasteiger partial charge in [-0.1, -0.05) is 0 Å². The first-order valence-electron chi connectivity index (χ1n) is 4.90. The van der Waals surface area contributed by atoms with E-state index < -0.39 is 19.8 Å². The highest BCUT2D eigenvalue weighted by atomic mass is 31.2. The molecule has 9 heteroatoms. The molecule has 0 saturated heterocycles. The third-order valence-corrected chi connectivity index (χ3v) is 2.49. The van der Waals surface area contributed by atoms with Crippen LogP contribution in [0.4, 0.5) is 0 Å². The molecule has 3 N–H and O–H groups in total. The molecule has 0 aromatic carbocycles. The van der Waals surface area contributed by atoms with Gasteiger partial charge in [-0.3, -0.25) is 19.0 Å². The fourth-order valence-corrected chi connectivity index (χ4v) is 1.59. The molecule has 1 atom stereocenters. The van der Waals surface area contributed by atoms with Gasteiger partial charge in [0.2, 0.25) is 0 Å². The molecule has 0 aliphatic rings. The minimum Gasteiger partial charge on any atom is -0.481 e. The van der Waals surface area contributed by atoms with Crippen LogP contribution in [0, 0.1) is 0 Å². The summed E-state index contributed by atoms with van der Waals surface area (Å²) in [5.74, 6) is -2.01. The van der Waals surface area contributed by atoms with E-state index in [-0.39, 0.29) is 38.9 Å². The highest BCUT2D eigenvalue weighted by molar-refractivity contribution is 7.48. The minimum atomic E-state index is -4.47. The van der Waals surface area contributed by atoms with Crippen molar-refractivity contribution >= 4 is 19.8 Å². The van der Waals surface area contributed by atoms with E-state index in [9.17, 15) is 14.2 Å². The fourth-order valence-electron chi connectivity index (χ4n) is 0.827. The number of aliphatic hydroxyl groups excluding tert-OH is 1. The molecule has 0 fully saturated rings. The Bertz CT molecular complexity index is 302. The highest BCUT2D eigenvalue weighted by Gasteiger charge is 2.25. The zero-order chi connectivity index (χ0) is 13.3. The first-order chi connectivity index (χ1) is 7.87. The maximum Gasteiger partial charge on any atom is 0.529 e. The zero-order valence-electron chi connectivity index (χ0n) is 9.07. The van der Waals surface area contributed by atoms with E-state index >= 15 is 0 Å². The lowest BCUT2D eigenvalue weighted by atomic mass is 10.3. The summed E-state index contributed by atoms with van der Waals surface area (Å²) in [7, 11) is -4.47. The normalized spacial score (nSPS) is 14.0. The Labute approximate surface area is 97.8 Å². The number of rotatable bonds is 9. The predicted molar refractivity (Wildman–Crippen MR) is 55.1 cm³/mol. The van der Waals surface area contributed by atoms with Gasteiger partial charge in [-0.15, -0.1) is 0 Å². The molecule has 1 unspecified atom stereocenters. The largest absolute Gasteiger partial charge is 0.529 e. The first kappa shape index (κ1) is 16.1. The number of phosphoric ester groups is 1. The van der Waals surface area contributed by atoms with Gasteiger partial charge in [0, 0.05) is 19.4 Å². The van der Waals surface area contributed by atoms with Gasteiger partial charge in [-0.2, -0.15) is 0 Å². The third kappa shape index (κ3) is 9.95. The van der Waals surface area contributed by atoms with Gasteiger partial charge in [-0.05, 0) is 12.8 Å². The molecular weight excluding hydrogens is 255 g/mol. The van der Waals surface area contributed by atoms with Crippen LogP contribution in [0.15, 0.2) is 0 Å². The van der Waals surface area contributed by atoms with Crippen molar-refractivity contribution in [2.45, 2.75) is 25.7 Å². The molecule has 0 amide bonds. The molecule has 0 rings (SSSR count). The third-order valence-electron chi connectivity index (χ3n) is 1.55. The predicted octanol–water partition coefficient (Wildman–Crippen LogP) is 0.284. The molecule has 8 nitrogen and oxygen atoms in total. The maximum absolute atomic E-state index is 11.1. The monoisotopic (exact) mass is 270 g/mol. The van der Waals surface area contributed by atoms with Crippen LogP contribution in [0.5, 0.6) is 0 Å². The number of aliphatic carboxylic acids is 1. The number of hydrogen-bond donors (Lipinski definition) is 3. The van der Waals surface area contributed by atoms with Crippen molar-refractivity contribution < 1.29 is 38.3 Å². The molecule has 0 aromatic heterocycles. The van der Waals surface area contributed by atoms with Crippen molar-refractivity contribution in [3.8, 4) is 0 Å². The summed E-state index contributed by atoms with van der Waals surface area (Å²) >= 11 is 0. The quantitative estimate of drug-likeness (QED) is 0.402. The van der Waals surface area contributed by atoms with Gasteiger partial charge in [0.15, 0.2) is 0 Å². The average molecular weight is 270 g/mol. The topological polar surface area (TPSA) is 130 Å². The molecule has 0 saturated carbocycles. The van der Waals surface area contributed by atoms with Crippen molar-refractivity contribution in [1.29, 1.82) is 0 Å². The second-order valence-electron chi connectivity index (χ2n) is 3.09. The van der Waals surface area contributed by atoms with Crippen LogP contribution in [0.2, 0.25) is 0 Å². The van der Waals surface area contributed by atoms with E-state index in [0.29, 0.717) is 0 Å². The molecule has 100 valence electrons. The summed E-state index contributed by atoms with van der Waals surface area (Å²) in [5.41, 5.74) is 0. The molecular formula is C8H15O8P. The van der Waals surface area contributed by atoms with Crippen LogP contribution in [-0.2, 0) is 23.2 Å². The molecule has 0 bridgehead atoms. The molecule has 0 heterocycles. The van der Waals surface area contributed by atoms with Crippen molar-refractivity contribution in [2.75, 3.05) is 13.2 Å². The Morgan fingerprint density at radius 2 is 1.82 bits per heavy atom. The summed E-state index contributed by atoms with van der Waals surface area (Å²) in [5, 5.41) is 16.7. The molecule has 0 aliphatic carbocycles. The number of carboxylic acid groups (broad SMARTS) is 1. The van der Waals surface area contributed by atoms with Crippen LogP contribution in [0.3, 0.4) is 0 Å². The van der Waals surface area contributed by atoms with Gasteiger partial charge >= 0.3 is 19.8 Å². The Morgan fingerprint density at radius 1 is 1.18 bits per heavy atom. The minimum absolute atomic E-state index is 0.0358. The Hall–Kier alpha value is -0.950. The highest BCUT2D eigenvalue weighted by Crippen LogP contribution is 2.43. The maximum atomic E-state index is 11.1. The number of hydrogen-bond acceptors (Lipinski definition) is 6. The van der Waals surface area contributed by atoms with Gasteiger partial charge in [-0.25, -0.2) is 4.57 Å². The van der Waals surface area contributed by atoms with Crippen LogP contribution in [0.1, 0.15) is 25.7 Å². The second-order valence-corrected chi connectivity index (χ2v) is 4.47. The second kappa shape index (κ2) is 8.19. The van der Waals surface area contributed by atoms with Crippen LogP contribution < -0.4 is 0 Å². The molecule has 0 spiro atoms. The lowest BCUT2D eigenvalue weighted by Crippen LogP contribution is -2.06. The van der Waals surface area contributed by atoms with E-state index in [1.807, 2.05) is 0 Å². The Kier molecular flexibility index (Phi) is 7.73. The lowest BCUT2D eigenvalue weighted by Gasteiger charge is -2.11. The number of carboxylic acids is 1. The van der Waals surface area contributed by atoms with Crippen LogP contribution in [-0.4, -0.2) is 40.3 Å². The van der Waals surface area contributed by atoms with Crippen molar-refractivity contribution in [2.24, 2.45) is 0 Å². The summed E-state index contributed by atoms with van der Waals surface area (Å²) in [6, 6.07) is 0. The Balaban J connectivity index is 3.82. The standard InChI is InChI=1S/C8H15O8P/c9-5-1-4-8(12)16-17(13,14)15-6-2-3-7(10)11/h9H,1-6H2,(H,10,11)(H,13,14). The van der Waals surface area contributed by atoms with Gasteiger partial charge in [0.05, 0.1) is 6.61 Å². The van der Waals surface area contributed by atoms with E-state index in [1.54, 1.807) is 0 Å². The van der Waals surface area contributed by atoms with Crippen molar-refractivity contribution in [3.05, 3.63) is 0 Å². The zero-order valence-corrected chi connectivity index (χ0v) is 9.97. The number of carbonyl (C=O) groups excluding carboxylic acids is 1. The summed E-state index contributed by atoms with van der Waals surface area (Å²) < 4.78 is 19.6. The number of phosphoric acid groups is 1. The molecule has 0 aliphatic heterocycles. The van der Waals surface area contributed by atoms with Crippen LogP contribution >= 0.6 is 7.82 Å². The van der Waals surface area contributed by atoms with E-state index in [4.69, 9.17) is 15.1 Å². The summed E-state index contributed by atoms with van der Waals surface area (Å²) in [6.07, 6.45) is -0.246. The van der Waals surface area contributed by atoms with Crippen molar-refractivity contribution in [1.82, 2.24) is 0 Å². The number of carbonyl (C=O) groups is 2. The van der Waals surface area contributed by atoms with E-state index in [2.05, 4.69) is 9.05 Å².